The number of rotatable bonds is 5. The molecule has 0 amide bonds. The third kappa shape index (κ3) is 3.54. The van der Waals surface area contributed by atoms with Crippen LogP contribution in [0.5, 0.6) is 5.75 Å². The molecule has 0 aliphatic heterocycles. The summed E-state index contributed by atoms with van der Waals surface area (Å²) in [6.45, 7) is 7.31. The number of benzene rings is 1. The van der Waals surface area contributed by atoms with Crippen LogP contribution in [-0.4, -0.2) is 7.11 Å². The molecule has 20 heavy (non-hydrogen) atoms. The number of nitrogens with one attached hydrogen (secondary N) is 1. The maximum absolute atomic E-state index is 6.14. The average Bonchev–Trinajstić information content (AvgIpc) is 2.75. The van der Waals surface area contributed by atoms with E-state index in [9.17, 15) is 0 Å². The summed E-state index contributed by atoms with van der Waals surface area (Å²) in [6, 6.07) is 8.49. The number of methoxy groups -OCH3 is 1. The highest BCUT2D eigenvalue weighted by Crippen LogP contribution is 2.27. The Kier molecular flexibility index (Phi) is 5.08. The van der Waals surface area contributed by atoms with Crippen molar-refractivity contribution in [1.82, 2.24) is 5.32 Å². The normalized spacial score (nSPS) is 12.4. The molecule has 0 aliphatic rings. The maximum Gasteiger partial charge on any atom is 0.137 e. The first-order valence-corrected chi connectivity index (χ1v) is 7.83. The minimum Gasteiger partial charge on any atom is -0.495 e. The molecule has 2 rings (SSSR count). The zero-order valence-corrected chi connectivity index (χ0v) is 13.9. The number of thiophene rings is 1. The Morgan fingerprint density at radius 3 is 2.60 bits per heavy atom. The van der Waals surface area contributed by atoms with Crippen molar-refractivity contribution in [3.05, 3.63) is 50.2 Å². The van der Waals surface area contributed by atoms with Crippen LogP contribution in [0.4, 0.5) is 0 Å². The molecule has 1 heterocycles. The van der Waals surface area contributed by atoms with E-state index in [2.05, 4.69) is 32.2 Å². The number of hydrogen-bond donors (Lipinski definition) is 1. The van der Waals surface area contributed by atoms with Crippen LogP contribution in [0.25, 0.3) is 0 Å². The van der Waals surface area contributed by atoms with Crippen molar-refractivity contribution in [1.29, 1.82) is 0 Å². The van der Waals surface area contributed by atoms with Crippen molar-refractivity contribution in [2.45, 2.75) is 33.4 Å². The van der Waals surface area contributed by atoms with Gasteiger partial charge in [-0.05, 0) is 50.1 Å². The lowest BCUT2D eigenvalue weighted by Crippen LogP contribution is -2.18. The minimum absolute atomic E-state index is 0.334. The molecular formula is C16H20ClNOS. The SMILES string of the molecule is COc1ccc(CNC(C)c2cc(C)sc2C)cc1Cl. The van der Waals surface area contributed by atoms with Gasteiger partial charge in [-0.3, -0.25) is 0 Å². The van der Waals surface area contributed by atoms with Crippen molar-refractivity contribution in [3.63, 3.8) is 0 Å². The van der Waals surface area contributed by atoms with Crippen molar-refractivity contribution in [2.75, 3.05) is 7.11 Å². The molecule has 0 aliphatic carbocycles. The van der Waals surface area contributed by atoms with Crippen molar-refractivity contribution >= 4 is 22.9 Å². The number of aryl methyl sites for hydroxylation is 2. The van der Waals surface area contributed by atoms with Gasteiger partial charge in [-0.15, -0.1) is 11.3 Å². The number of halogens is 1. The Morgan fingerprint density at radius 2 is 2.05 bits per heavy atom. The first kappa shape index (κ1) is 15.4. The molecule has 1 unspecified atom stereocenters. The maximum atomic E-state index is 6.14. The lowest BCUT2D eigenvalue weighted by Gasteiger charge is -2.14. The van der Waals surface area contributed by atoms with E-state index in [-0.39, 0.29) is 0 Å². The van der Waals surface area contributed by atoms with Crippen molar-refractivity contribution < 1.29 is 4.74 Å². The van der Waals surface area contributed by atoms with Crippen LogP contribution in [-0.2, 0) is 6.54 Å². The third-order valence-electron chi connectivity index (χ3n) is 3.37. The van der Waals surface area contributed by atoms with Gasteiger partial charge in [-0.2, -0.15) is 0 Å². The van der Waals surface area contributed by atoms with Crippen LogP contribution in [0, 0.1) is 13.8 Å². The van der Waals surface area contributed by atoms with Crippen LogP contribution < -0.4 is 10.1 Å². The fourth-order valence-electron chi connectivity index (χ4n) is 2.28. The third-order valence-corrected chi connectivity index (χ3v) is 4.65. The average molecular weight is 310 g/mol. The predicted octanol–water partition coefficient (Wildman–Crippen LogP) is 4.88. The second kappa shape index (κ2) is 6.61. The van der Waals surface area contributed by atoms with Gasteiger partial charge in [-0.25, -0.2) is 0 Å². The summed E-state index contributed by atoms with van der Waals surface area (Å²) in [7, 11) is 1.63. The fraction of sp³-hybridized carbons (Fsp3) is 0.375. The standard InChI is InChI=1S/C16H20ClNOS/c1-10-7-14(12(3)20-10)11(2)18-9-13-5-6-16(19-4)15(17)8-13/h5-8,11,18H,9H2,1-4H3. The lowest BCUT2D eigenvalue weighted by atomic mass is 10.1. The Labute approximate surface area is 129 Å². The van der Waals surface area contributed by atoms with Crippen molar-refractivity contribution in [3.8, 4) is 5.75 Å². The summed E-state index contributed by atoms with van der Waals surface area (Å²) < 4.78 is 5.16. The number of hydrogen-bond acceptors (Lipinski definition) is 3. The molecule has 0 spiro atoms. The molecule has 0 bridgehead atoms. The quantitative estimate of drug-likeness (QED) is 0.850. The van der Waals surface area contributed by atoms with Crippen LogP contribution in [0.2, 0.25) is 5.02 Å². The van der Waals surface area contributed by atoms with Gasteiger partial charge in [0, 0.05) is 22.3 Å². The Bertz CT molecular complexity index is 594. The molecule has 1 atom stereocenters. The highest BCUT2D eigenvalue weighted by atomic mass is 35.5. The van der Waals surface area contributed by atoms with E-state index in [0.717, 1.165) is 12.1 Å². The fourth-order valence-corrected chi connectivity index (χ4v) is 3.58. The molecule has 0 radical (unpaired) electrons. The van der Waals surface area contributed by atoms with E-state index >= 15 is 0 Å². The number of ether oxygens (including phenoxy) is 1. The van der Waals surface area contributed by atoms with E-state index in [0.29, 0.717) is 16.8 Å². The van der Waals surface area contributed by atoms with Gasteiger partial charge in [-0.1, -0.05) is 17.7 Å². The van der Waals surface area contributed by atoms with Gasteiger partial charge < -0.3 is 10.1 Å². The van der Waals surface area contributed by atoms with Gasteiger partial charge in [0.25, 0.3) is 0 Å². The second-order valence-electron chi connectivity index (χ2n) is 4.94. The van der Waals surface area contributed by atoms with Crippen LogP contribution >= 0.6 is 22.9 Å². The van der Waals surface area contributed by atoms with Crippen LogP contribution in [0.15, 0.2) is 24.3 Å². The zero-order chi connectivity index (χ0) is 14.7. The van der Waals surface area contributed by atoms with E-state index < -0.39 is 0 Å². The summed E-state index contributed by atoms with van der Waals surface area (Å²) >= 11 is 7.99. The molecule has 2 nitrogen and oxygen atoms in total. The first-order chi connectivity index (χ1) is 9.51. The molecular weight excluding hydrogens is 290 g/mol. The smallest absolute Gasteiger partial charge is 0.137 e. The Morgan fingerprint density at radius 1 is 1.30 bits per heavy atom. The van der Waals surface area contributed by atoms with Gasteiger partial charge in [0.05, 0.1) is 12.1 Å². The molecule has 0 saturated carbocycles. The van der Waals surface area contributed by atoms with Crippen molar-refractivity contribution in [2.24, 2.45) is 0 Å². The first-order valence-electron chi connectivity index (χ1n) is 6.64. The van der Waals surface area contributed by atoms with E-state index in [1.54, 1.807) is 7.11 Å². The predicted molar refractivity (Wildman–Crippen MR) is 87.1 cm³/mol. The Balaban J connectivity index is 2.01. The molecule has 2 aromatic rings. The van der Waals surface area contributed by atoms with E-state index in [1.165, 1.54) is 15.3 Å². The lowest BCUT2D eigenvalue weighted by molar-refractivity contribution is 0.414. The minimum atomic E-state index is 0.334. The zero-order valence-electron chi connectivity index (χ0n) is 12.3. The molecule has 0 saturated heterocycles. The molecule has 4 heteroatoms. The topological polar surface area (TPSA) is 21.3 Å². The van der Waals surface area contributed by atoms with Crippen LogP contribution in [0.3, 0.4) is 0 Å². The van der Waals surface area contributed by atoms with Gasteiger partial charge >= 0.3 is 0 Å². The van der Waals surface area contributed by atoms with Gasteiger partial charge in [0.2, 0.25) is 0 Å². The molecule has 1 N–H and O–H groups in total. The summed E-state index contributed by atoms with van der Waals surface area (Å²) in [6.07, 6.45) is 0. The van der Waals surface area contributed by atoms with Gasteiger partial charge in [0.15, 0.2) is 0 Å². The Hall–Kier alpha value is -1.03. The highest BCUT2D eigenvalue weighted by Gasteiger charge is 2.11. The summed E-state index contributed by atoms with van der Waals surface area (Å²) in [5.41, 5.74) is 2.54. The molecule has 108 valence electrons. The largest absolute Gasteiger partial charge is 0.495 e. The molecule has 0 fully saturated rings. The van der Waals surface area contributed by atoms with Gasteiger partial charge in [0.1, 0.15) is 5.75 Å². The van der Waals surface area contributed by atoms with E-state index in [4.69, 9.17) is 16.3 Å². The molecule has 1 aromatic carbocycles. The van der Waals surface area contributed by atoms with Crippen LogP contribution in [0.1, 0.15) is 33.8 Å². The summed E-state index contributed by atoms with van der Waals surface area (Å²) in [4.78, 5) is 2.74. The monoisotopic (exact) mass is 309 g/mol. The summed E-state index contributed by atoms with van der Waals surface area (Å²) in [5, 5.41) is 4.20. The summed E-state index contributed by atoms with van der Waals surface area (Å²) in [5.74, 6) is 0.716. The highest BCUT2D eigenvalue weighted by molar-refractivity contribution is 7.12. The second-order valence-corrected chi connectivity index (χ2v) is 6.81. The van der Waals surface area contributed by atoms with E-state index in [1.807, 2.05) is 29.5 Å². The molecule has 1 aromatic heterocycles.